The van der Waals surface area contributed by atoms with Crippen molar-refractivity contribution >= 4 is 17.4 Å². The zero-order valence-corrected chi connectivity index (χ0v) is 13.8. The predicted molar refractivity (Wildman–Crippen MR) is 90.0 cm³/mol. The molecule has 3 rings (SSSR count). The van der Waals surface area contributed by atoms with E-state index < -0.39 is 0 Å². The minimum absolute atomic E-state index is 0.0577. The average molecular weight is 328 g/mol. The molecule has 1 fully saturated rings. The van der Waals surface area contributed by atoms with Crippen LogP contribution in [0, 0.1) is 0 Å². The van der Waals surface area contributed by atoms with Crippen LogP contribution in [0.1, 0.15) is 23.3 Å². The van der Waals surface area contributed by atoms with Crippen molar-refractivity contribution in [2.75, 3.05) is 32.6 Å². The normalized spacial score (nSPS) is 13.7. The molecule has 1 aromatic carbocycles. The fourth-order valence-corrected chi connectivity index (χ4v) is 2.66. The van der Waals surface area contributed by atoms with Crippen LogP contribution in [-0.4, -0.2) is 48.3 Å². The first-order valence-electron chi connectivity index (χ1n) is 7.83. The number of hydrogen-bond acceptors (Lipinski definition) is 6. The number of hydrogen-bond donors (Lipinski definition) is 1. The number of methoxy groups -OCH3 is 2. The van der Waals surface area contributed by atoms with E-state index in [0.717, 1.165) is 31.6 Å². The van der Waals surface area contributed by atoms with Gasteiger partial charge in [0.2, 0.25) is 0 Å². The van der Waals surface area contributed by atoms with Gasteiger partial charge in [-0.3, -0.25) is 4.79 Å². The number of likely N-dealkylation sites (tertiary alicyclic amines) is 1. The molecule has 1 aliphatic rings. The van der Waals surface area contributed by atoms with E-state index in [9.17, 15) is 4.79 Å². The number of carbonyl (C=O) groups excluding carboxylic acids is 1. The highest BCUT2D eigenvalue weighted by Crippen LogP contribution is 2.30. The van der Waals surface area contributed by atoms with Gasteiger partial charge in [-0.25, -0.2) is 0 Å². The number of carbonyl (C=O) groups is 1. The van der Waals surface area contributed by atoms with Crippen molar-refractivity contribution in [2.45, 2.75) is 12.8 Å². The molecule has 1 amide bonds. The maximum Gasteiger partial charge on any atom is 0.274 e. The molecule has 0 radical (unpaired) electrons. The van der Waals surface area contributed by atoms with E-state index in [0.29, 0.717) is 23.0 Å². The highest BCUT2D eigenvalue weighted by Gasteiger charge is 2.20. The van der Waals surface area contributed by atoms with Gasteiger partial charge in [0.25, 0.3) is 5.91 Å². The third kappa shape index (κ3) is 3.40. The lowest BCUT2D eigenvalue weighted by molar-refractivity contribution is 0.0786. The van der Waals surface area contributed by atoms with Crippen LogP contribution in [-0.2, 0) is 0 Å². The summed E-state index contributed by atoms with van der Waals surface area (Å²) in [6, 6.07) is 8.90. The van der Waals surface area contributed by atoms with Gasteiger partial charge in [-0.2, -0.15) is 0 Å². The number of rotatable bonds is 5. The standard InChI is InChI=1S/C17H20N4O3/c1-23-14-7-5-12(11-15(14)24-2)18-16-8-6-13(19-20-16)17(22)21-9-3-4-10-21/h5-8,11H,3-4,9-10H2,1-2H3,(H,18,20). The highest BCUT2D eigenvalue weighted by atomic mass is 16.5. The molecular formula is C17H20N4O3. The van der Waals surface area contributed by atoms with Crippen molar-refractivity contribution in [2.24, 2.45) is 0 Å². The number of nitrogens with zero attached hydrogens (tertiary/aromatic N) is 3. The summed E-state index contributed by atoms with van der Waals surface area (Å²) in [5, 5.41) is 11.3. The molecule has 0 aliphatic carbocycles. The molecule has 1 saturated heterocycles. The molecule has 0 bridgehead atoms. The van der Waals surface area contributed by atoms with E-state index in [1.165, 1.54) is 0 Å². The molecule has 0 atom stereocenters. The van der Waals surface area contributed by atoms with E-state index in [1.54, 1.807) is 32.4 Å². The molecule has 1 aliphatic heterocycles. The zero-order chi connectivity index (χ0) is 16.9. The van der Waals surface area contributed by atoms with Gasteiger partial charge in [-0.1, -0.05) is 0 Å². The second-order valence-electron chi connectivity index (χ2n) is 5.50. The van der Waals surface area contributed by atoms with Crippen molar-refractivity contribution in [1.82, 2.24) is 15.1 Å². The number of anilines is 2. The Bertz CT molecular complexity index is 712. The van der Waals surface area contributed by atoms with Crippen molar-refractivity contribution in [3.05, 3.63) is 36.0 Å². The molecule has 0 saturated carbocycles. The molecule has 2 heterocycles. The summed E-state index contributed by atoms with van der Waals surface area (Å²) in [5.41, 5.74) is 1.16. The minimum atomic E-state index is -0.0577. The summed E-state index contributed by atoms with van der Waals surface area (Å²) in [7, 11) is 3.17. The van der Waals surface area contributed by atoms with Gasteiger partial charge in [0.1, 0.15) is 0 Å². The van der Waals surface area contributed by atoms with Gasteiger partial charge in [0, 0.05) is 24.8 Å². The van der Waals surface area contributed by atoms with Gasteiger partial charge >= 0.3 is 0 Å². The van der Waals surface area contributed by atoms with Gasteiger partial charge in [0.05, 0.1) is 14.2 Å². The number of benzene rings is 1. The van der Waals surface area contributed by atoms with Crippen molar-refractivity contribution in [3.63, 3.8) is 0 Å². The third-order valence-electron chi connectivity index (χ3n) is 3.93. The van der Waals surface area contributed by atoms with E-state index in [-0.39, 0.29) is 5.91 Å². The second-order valence-corrected chi connectivity index (χ2v) is 5.50. The van der Waals surface area contributed by atoms with Crippen molar-refractivity contribution in [1.29, 1.82) is 0 Å². The SMILES string of the molecule is COc1ccc(Nc2ccc(C(=O)N3CCCC3)nn2)cc1OC. The Labute approximate surface area is 140 Å². The van der Waals surface area contributed by atoms with E-state index >= 15 is 0 Å². The Hall–Kier alpha value is -2.83. The van der Waals surface area contributed by atoms with Crippen LogP contribution in [0.3, 0.4) is 0 Å². The molecule has 1 N–H and O–H groups in total. The first-order valence-corrected chi connectivity index (χ1v) is 7.83. The maximum absolute atomic E-state index is 12.2. The predicted octanol–water partition coefficient (Wildman–Crippen LogP) is 2.47. The lowest BCUT2D eigenvalue weighted by Crippen LogP contribution is -2.28. The average Bonchev–Trinajstić information content (AvgIpc) is 3.16. The van der Waals surface area contributed by atoms with Crippen LogP contribution in [0.15, 0.2) is 30.3 Å². The lowest BCUT2D eigenvalue weighted by Gasteiger charge is -2.14. The minimum Gasteiger partial charge on any atom is -0.493 e. The number of aromatic nitrogens is 2. The zero-order valence-electron chi connectivity index (χ0n) is 13.8. The van der Waals surface area contributed by atoms with Crippen molar-refractivity contribution < 1.29 is 14.3 Å². The summed E-state index contributed by atoms with van der Waals surface area (Å²) >= 11 is 0. The molecule has 126 valence electrons. The summed E-state index contributed by atoms with van der Waals surface area (Å²) in [6.45, 7) is 1.60. The first-order chi connectivity index (χ1) is 11.7. The molecule has 24 heavy (non-hydrogen) atoms. The summed E-state index contributed by atoms with van der Waals surface area (Å²) in [5.74, 6) is 1.77. The van der Waals surface area contributed by atoms with Gasteiger partial charge in [0.15, 0.2) is 23.0 Å². The van der Waals surface area contributed by atoms with E-state index in [1.807, 2.05) is 17.0 Å². The van der Waals surface area contributed by atoms with Crippen LogP contribution in [0.2, 0.25) is 0 Å². The fourth-order valence-electron chi connectivity index (χ4n) is 2.66. The Morgan fingerprint density at radius 2 is 1.79 bits per heavy atom. The Balaban J connectivity index is 1.71. The van der Waals surface area contributed by atoms with E-state index in [2.05, 4.69) is 15.5 Å². The third-order valence-corrected chi connectivity index (χ3v) is 3.93. The Kier molecular flexibility index (Phi) is 4.79. The van der Waals surface area contributed by atoms with Gasteiger partial charge in [-0.05, 0) is 37.1 Å². The highest BCUT2D eigenvalue weighted by molar-refractivity contribution is 5.92. The lowest BCUT2D eigenvalue weighted by atomic mass is 10.2. The summed E-state index contributed by atoms with van der Waals surface area (Å²) in [4.78, 5) is 14.1. The number of ether oxygens (including phenoxy) is 2. The molecule has 2 aromatic rings. The Morgan fingerprint density at radius 3 is 2.42 bits per heavy atom. The van der Waals surface area contributed by atoms with Gasteiger partial charge in [-0.15, -0.1) is 10.2 Å². The van der Waals surface area contributed by atoms with Crippen LogP contribution in [0.5, 0.6) is 11.5 Å². The van der Waals surface area contributed by atoms with E-state index in [4.69, 9.17) is 9.47 Å². The van der Waals surface area contributed by atoms with Gasteiger partial charge < -0.3 is 19.7 Å². The summed E-state index contributed by atoms with van der Waals surface area (Å²) < 4.78 is 10.5. The maximum atomic E-state index is 12.2. The monoisotopic (exact) mass is 328 g/mol. The van der Waals surface area contributed by atoms with Crippen LogP contribution < -0.4 is 14.8 Å². The molecule has 7 heteroatoms. The number of nitrogens with one attached hydrogen (secondary N) is 1. The van der Waals surface area contributed by atoms with Crippen molar-refractivity contribution in [3.8, 4) is 11.5 Å². The molecule has 0 spiro atoms. The quantitative estimate of drug-likeness (QED) is 0.908. The largest absolute Gasteiger partial charge is 0.493 e. The van der Waals surface area contributed by atoms with Crippen LogP contribution >= 0.6 is 0 Å². The van der Waals surface area contributed by atoms with Crippen LogP contribution in [0.4, 0.5) is 11.5 Å². The van der Waals surface area contributed by atoms with Crippen LogP contribution in [0.25, 0.3) is 0 Å². The molecular weight excluding hydrogens is 308 g/mol. The fraction of sp³-hybridized carbons (Fsp3) is 0.353. The molecule has 0 unspecified atom stereocenters. The number of amides is 1. The first kappa shape index (κ1) is 16.0. The molecule has 7 nitrogen and oxygen atoms in total. The summed E-state index contributed by atoms with van der Waals surface area (Å²) in [6.07, 6.45) is 2.11. The topological polar surface area (TPSA) is 76.6 Å². The second kappa shape index (κ2) is 7.16. The molecule has 1 aromatic heterocycles. The Morgan fingerprint density at radius 1 is 1.04 bits per heavy atom. The smallest absolute Gasteiger partial charge is 0.274 e.